The lowest BCUT2D eigenvalue weighted by molar-refractivity contribution is -0.383. The molecule has 9 nitrogen and oxygen atoms in total. The van der Waals surface area contributed by atoms with Crippen molar-refractivity contribution >= 4 is 17.3 Å². The number of hydrogen-bond donors (Lipinski definition) is 2. The number of hydrogen-bond acceptors (Lipinski definition) is 6. The van der Waals surface area contributed by atoms with Crippen molar-refractivity contribution in [2.24, 2.45) is 0 Å². The van der Waals surface area contributed by atoms with E-state index in [0.717, 1.165) is 5.69 Å². The summed E-state index contributed by atoms with van der Waals surface area (Å²) in [6, 6.07) is 16.5. The summed E-state index contributed by atoms with van der Waals surface area (Å²) in [7, 11) is 0. The van der Waals surface area contributed by atoms with Gasteiger partial charge in [0.15, 0.2) is 0 Å². The quantitative estimate of drug-likeness (QED) is 0.482. The summed E-state index contributed by atoms with van der Waals surface area (Å²) < 4.78 is 1.61. The fourth-order valence-electron chi connectivity index (χ4n) is 2.57. The van der Waals surface area contributed by atoms with Gasteiger partial charge in [0.05, 0.1) is 29.4 Å². The summed E-state index contributed by atoms with van der Waals surface area (Å²) in [6.45, 7) is -0.212. The van der Waals surface area contributed by atoms with Gasteiger partial charge < -0.3 is 10.6 Å². The van der Waals surface area contributed by atoms with Crippen LogP contribution < -0.4 is 10.6 Å². The first-order valence-electron chi connectivity index (χ1n) is 8.35. The smallest absolute Gasteiger partial charge is 0.292 e. The number of carbonyl (C=O) groups excluding carboxylic acids is 1. The third-order valence-electron chi connectivity index (χ3n) is 3.93. The van der Waals surface area contributed by atoms with Crippen molar-refractivity contribution < 1.29 is 9.72 Å². The Morgan fingerprint density at radius 1 is 1.21 bits per heavy atom. The number of nitrogens with zero attached hydrogens (tertiary/aromatic N) is 4. The Morgan fingerprint density at radius 3 is 2.64 bits per heavy atom. The molecule has 28 heavy (non-hydrogen) atoms. The number of carbonyl (C=O) groups is 1. The molecule has 0 saturated heterocycles. The van der Waals surface area contributed by atoms with Gasteiger partial charge in [0.25, 0.3) is 5.69 Å². The lowest BCUT2D eigenvalue weighted by Gasteiger charge is -2.11. The Bertz CT molecular complexity index is 1030. The molecule has 2 aromatic carbocycles. The Labute approximate surface area is 160 Å². The van der Waals surface area contributed by atoms with Crippen LogP contribution in [0, 0.1) is 21.4 Å². The Morgan fingerprint density at radius 2 is 1.93 bits per heavy atom. The molecule has 1 aromatic heterocycles. The van der Waals surface area contributed by atoms with Gasteiger partial charge in [-0.25, -0.2) is 4.68 Å². The van der Waals surface area contributed by atoms with E-state index < -0.39 is 16.9 Å². The second-order valence-electron chi connectivity index (χ2n) is 5.81. The molecule has 1 amide bonds. The van der Waals surface area contributed by atoms with Crippen LogP contribution in [0.15, 0.2) is 67.0 Å². The highest BCUT2D eigenvalue weighted by atomic mass is 16.6. The first kappa shape index (κ1) is 18.6. The van der Waals surface area contributed by atoms with Gasteiger partial charge in [-0.1, -0.05) is 30.3 Å². The molecule has 3 aromatic rings. The number of benzene rings is 2. The van der Waals surface area contributed by atoms with Gasteiger partial charge in [0, 0.05) is 17.8 Å². The van der Waals surface area contributed by atoms with Gasteiger partial charge in [-0.15, -0.1) is 0 Å². The van der Waals surface area contributed by atoms with Gasteiger partial charge in [-0.3, -0.25) is 14.9 Å². The van der Waals surface area contributed by atoms with E-state index >= 15 is 0 Å². The predicted molar refractivity (Wildman–Crippen MR) is 102 cm³/mol. The summed E-state index contributed by atoms with van der Waals surface area (Å²) in [6.07, 6.45) is 3.18. The molecule has 0 aliphatic heterocycles. The third-order valence-corrected chi connectivity index (χ3v) is 3.93. The number of nitriles is 1. The second kappa shape index (κ2) is 8.46. The fraction of sp³-hybridized carbons (Fsp3) is 0.105. The predicted octanol–water partition coefficient (Wildman–Crippen LogP) is 2.57. The number of nitro benzene ring substituents is 1. The Hall–Kier alpha value is -4.19. The van der Waals surface area contributed by atoms with Crippen molar-refractivity contribution in [3.8, 4) is 11.8 Å². The minimum absolute atomic E-state index is 0.128. The van der Waals surface area contributed by atoms with Crippen molar-refractivity contribution in [1.29, 1.82) is 5.26 Å². The van der Waals surface area contributed by atoms with E-state index in [1.54, 1.807) is 23.0 Å². The van der Waals surface area contributed by atoms with Crippen molar-refractivity contribution in [1.82, 2.24) is 15.1 Å². The van der Waals surface area contributed by atoms with Gasteiger partial charge in [-0.05, 0) is 18.2 Å². The van der Waals surface area contributed by atoms with Crippen LogP contribution in [-0.4, -0.2) is 27.2 Å². The third kappa shape index (κ3) is 4.31. The molecular formula is C19H16N6O3. The van der Waals surface area contributed by atoms with Crippen LogP contribution in [0.3, 0.4) is 0 Å². The summed E-state index contributed by atoms with van der Waals surface area (Å²) in [5.74, 6) is -0.475. The van der Waals surface area contributed by atoms with Crippen LogP contribution in [0.25, 0.3) is 5.69 Å². The van der Waals surface area contributed by atoms with Gasteiger partial charge in [0.1, 0.15) is 11.7 Å². The summed E-state index contributed by atoms with van der Waals surface area (Å²) >= 11 is 0. The molecule has 0 fully saturated rings. The van der Waals surface area contributed by atoms with Crippen molar-refractivity contribution in [3.63, 3.8) is 0 Å². The number of aromatic nitrogens is 2. The number of amides is 1. The normalized spacial score (nSPS) is 11.2. The minimum atomic E-state index is -0.891. The average Bonchev–Trinajstić information content (AvgIpc) is 3.21. The first-order chi connectivity index (χ1) is 13.6. The van der Waals surface area contributed by atoms with Crippen molar-refractivity contribution in [3.05, 3.63) is 82.7 Å². The number of para-hydroxylation sites is 3. The number of nitrogens with one attached hydrogen (secondary N) is 2. The van der Waals surface area contributed by atoms with E-state index in [-0.39, 0.29) is 17.9 Å². The van der Waals surface area contributed by atoms with Gasteiger partial charge >= 0.3 is 0 Å². The molecule has 140 valence electrons. The van der Waals surface area contributed by atoms with Crippen LogP contribution in [0.5, 0.6) is 0 Å². The first-order valence-corrected chi connectivity index (χ1v) is 8.35. The van der Waals surface area contributed by atoms with Crippen LogP contribution in [0.1, 0.15) is 11.6 Å². The largest absolute Gasteiger partial charge is 0.371 e. The number of nitro groups is 1. The molecule has 0 spiro atoms. The Kier molecular flexibility index (Phi) is 5.62. The number of anilines is 1. The molecule has 0 saturated carbocycles. The van der Waals surface area contributed by atoms with E-state index in [9.17, 15) is 20.2 Å². The fourth-order valence-corrected chi connectivity index (χ4v) is 2.57. The maximum atomic E-state index is 12.2. The summed E-state index contributed by atoms with van der Waals surface area (Å²) in [5, 5.41) is 29.9. The Balaban J connectivity index is 1.64. The molecule has 1 heterocycles. The molecule has 0 aliphatic carbocycles. The lowest BCUT2D eigenvalue weighted by atomic mass is 10.2. The topological polar surface area (TPSA) is 126 Å². The molecule has 1 atom stereocenters. The molecule has 1 unspecified atom stereocenters. The maximum absolute atomic E-state index is 12.2. The second-order valence-corrected chi connectivity index (χ2v) is 5.81. The molecule has 9 heteroatoms. The van der Waals surface area contributed by atoms with Crippen molar-refractivity contribution in [2.45, 2.75) is 6.04 Å². The van der Waals surface area contributed by atoms with Crippen LogP contribution in [-0.2, 0) is 4.79 Å². The van der Waals surface area contributed by atoms with Crippen LogP contribution in [0.2, 0.25) is 0 Å². The molecule has 0 bridgehead atoms. The summed E-state index contributed by atoms with van der Waals surface area (Å²) in [4.78, 5) is 22.7. The van der Waals surface area contributed by atoms with E-state index in [2.05, 4.69) is 15.7 Å². The zero-order valence-corrected chi connectivity index (χ0v) is 14.6. The molecule has 0 radical (unpaired) electrons. The maximum Gasteiger partial charge on any atom is 0.292 e. The highest BCUT2D eigenvalue weighted by Crippen LogP contribution is 2.22. The van der Waals surface area contributed by atoms with E-state index in [1.807, 2.05) is 36.4 Å². The van der Waals surface area contributed by atoms with Gasteiger partial charge in [-0.2, -0.15) is 10.4 Å². The highest BCUT2D eigenvalue weighted by Gasteiger charge is 2.17. The summed E-state index contributed by atoms with van der Waals surface area (Å²) in [5.41, 5.74) is 1.46. The number of rotatable bonds is 7. The highest BCUT2D eigenvalue weighted by molar-refractivity contribution is 5.82. The lowest BCUT2D eigenvalue weighted by Crippen LogP contribution is -2.32. The van der Waals surface area contributed by atoms with Gasteiger partial charge in [0.2, 0.25) is 5.91 Å². The monoisotopic (exact) mass is 376 g/mol. The minimum Gasteiger partial charge on any atom is -0.371 e. The zero-order valence-electron chi connectivity index (χ0n) is 14.6. The average molecular weight is 376 g/mol. The van der Waals surface area contributed by atoms with Crippen LogP contribution >= 0.6 is 0 Å². The molecule has 3 rings (SSSR count). The molecule has 2 N–H and O–H groups in total. The van der Waals surface area contributed by atoms with E-state index in [4.69, 9.17) is 0 Å². The van der Waals surface area contributed by atoms with E-state index in [0.29, 0.717) is 5.56 Å². The van der Waals surface area contributed by atoms with Crippen molar-refractivity contribution in [2.75, 3.05) is 11.9 Å². The standard InChI is InChI=1S/C19H16N6O3/c20-10-17(14-11-22-24(13-14)15-6-2-1-3-7-15)23-19(26)12-21-16-8-4-5-9-18(16)25(27)28/h1-9,11,13,17,21H,12H2,(H,23,26). The molecular weight excluding hydrogens is 360 g/mol. The van der Waals surface area contributed by atoms with Crippen LogP contribution in [0.4, 0.5) is 11.4 Å². The molecule has 0 aliphatic rings. The zero-order chi connectivity index (χ0) is 19.9. The SMILES string of the molecule is N#CC(NC(=O)CNc1ccccc1[N+](=O)[O-])c1cnn(-c2ccccc2)c1. The van der Waals surface area contributed by atoms with E-state index in [1.165, 1.54) is 18.3 Å².